The molecular formula is C43H59FN2O. The number of hydrogen-bond acceptors (Lipinski definition) is 3. The van der Waals surface area contributed by atoms with Gasteiger partial charge in [-0.15, -0.1) is 0 Å². The zero-order valence-corrected chi connectivity index (χ0v) is 30.5. The summed E-state index contributed by atoms with van der Waals surface area (Å²) in [5, 5.41) is 3.65. The van der Waals surface area contributed by atoms with Crippen LogP contribution in [-0.4, -0.2) is 12.0 Å². The Hall–Kier alpha value is -3.79. The molecule has 2 aromatic rings. The molecule has 47 heavy (non-hydrogen) atoms. The van der Waals surface area contributed by atoms with Crippen molar-refractivity contribution in [2.24, 2.45) is 22.7 Å². The van der Waals surface area contributed by atoms with Crippen LogP contribution < -0.4 is 5.32 Å². The standard InChI is InChI=1S/C43H59FN2O/c1-12-16-19-39(33(10)42(18-14-3)46-37-21-20-36(28-47)35(15-4)27-37)32(9)41(25-29(5)6)40-23-22-38(43(44)34(40)11)30(7)26-31(8)45-24-17-13-2/h12-13,16-18,20-24,27-30,32,39,41,46H,2,10,14-15,19,25-26H2,1,3-9,11H3/b16-12-,24-17-,42-18-,45-31+. The van der Waals surface area contributed by atoms with Crippen LogP contribution in [-0.2, 0) is 6.42 Å². The van der Waals surface area contributed by atoms with Gasteiger partial charge in [-0.1, -0.05) is 91.1 Å². The van der Waals surface area contributed by atoms with Crippen LogP contribution in [0.3, 0.4) is 0 Å². The number of aldehydes is 1. The number of carbonyl (C=O) groups excluding carboxylic acids is 1. The van der Waals surface area contributed by atoms with E-state index in [-0.39, 0.29) is 29.5 Å². The van der Waals surface area contributed by atoms with Crippen LogP contribution in [0.2, 0.25) is 0 Å². The van der Waals surface area contributed by atoms with Gasteiger partial charge in [0, 0.05) is 28.9 Å². The second-order valence-electron chi connectivity index (χ2n) is 13.3. The Kier molecular flexibility index (Phi) is 16.6. The molecule has 0 aliphatic carbocycles. The molecule has 0 aliphatic rings. The molecule has 0 radical (unpaired) electrons. The Morgan fingerprint density at radius 3 is 2.38 bits per heavy atom. The van der Waals surface area contributed by atoms with Crippen molar-refractivity contribution in [3.63, 3.8) is 0 Å². The molecule has 0 fully saturated rings. The van der Waals surface area contributed by atoms with E-state index in [1.165, 1.54) is 0 Å². The fraction of sp³-hybridized carbons (Fsp3) is 0.442. The Labute approximate surface area is 285 Å². The number of aryl methyl sites for hydroxylation is 1. The SMILES string of the molecule is C=C/C=C\N=C(/C)CC(C)c1ccc(C(CC(C)C)C(C)C(C/C=C\C)C(=C)/C(=C/CC)Nc2ccc(C=O)c(CC)c2)c(C)c1F. The van der Waals surface area contributed by atoms with Crippen molar-refractivity contribution in [3.05, 3.63) is 125 Å². The molecule has 0 aromatic heterocycles. The summed E-state index contributed by atoms with van der Waals surface area (Å²) >= 11 is 0. The highest BCUT2D eigenvalue weighted by Crippen LogP contribution is 2.43. The van der Waals surface area contributed by atoms with Gasteiger partial charge in [-0.05, 0) is 135 Å². The molecule has 0 aliphatic heterocycles. The molecule has 4 unspecified atom stereocenters. The summed E-state index contributed by atoms with van der Waals surface area (Å²) < 4.78 is 16.2. The number of hydrogen-bond donors (Lipinski definition) is 1. The predicted molar refractivity (Wildman–Crippen MR) is 203 cm³/mol. The van der Waals surface area contributed by atoms with Gasteiger partial charge in [-0.25, -0.2) is 4.39 Å². The Morgan fingerprint density at radius 2 is 1.79 bits per heavy atom. The Balaban J connectivity index is 2.53. The first kappa shape index (κ1) is 39.4. The first-order valence-electron chi connectivity index (χ1n) is 17.4. The molecule has 4 heteroatoms. The highest BCUT2D eigenvalue weighted by atomic mass is 19.1. The van der Waals surface area contributed by atoms with E-state index in [9.17, 15) is 4.79 Å². The van der Waals surface area contributed by atoms with Crippen molar-refractivity contribution in [2.75, 3.05) is 5.32 Å². The summed E-state index contributed by atoms with van der Waals surface area (Å²) in [7, 11) is 0. The second kappa shape index (κ2) is 19.8. The quantitative estimate of drug-likeness (QED) is 0.0720. The number of allylic oxidation sites excluding steroid dienone is 6. The molecule has 3 nitrogen and oxygen atoms in total. The lowest BCUT2D eigenvalue weighted by molar-refractivity contribution is 0.112. The molecular weight excluding hydrogens is 579 g/mol. The van der Waals surface area contributed by atoms with Crippen molar-refractivity contribution in [3.8, 4) is 0 Å². The zero-order valence-electron chi connectivity index (χ0n) is 30.5. The van der Waals surface area contributed by atoms with Gasteiger partial charge in [0.1, 0.15) is 12.1 Å². The van der Waals surface area contributed by atoms with Gasteiger partial charge in [-0.3, -0.25) is 9.79 Å². The number of aliphatic imine (C=N–C) groups is 1. The monoisotopic (exact) mass is 638 g/mol. The smallest absolute Gasteiger partial charge is 0.150 e. The predicted octanol–water partition coefficient (Wildman–Crippen LogP) is 12.5. The Morgan fingerprint density at radius 1 is 1.09 bits per heavy atom. The molecule has 0 saturated carbocycles. The van der Waals surface area contributed by atoms with Crippen LogP contribution in [0.1, 0.15) is 126 Å². The number of benzene rings is 2. The lowest BCUT2D eigenvalue weighted by atomic mass is 9.70. The van der Waals surface area contributed by atoms with E-state index in [1.54, 1.807) is 18.4 Å². The summed E-state index contributed by atoms with van der Waals surface area (Å²) in [5.74, 6) is 0.813. The van der Waals surface area contributed by atoms with E-state index < -0.39 is 0 Å². The van der Waals surface area contributed by atoms with Crippen LogP contribution in [0.25, 0.3) is 0 Å². The van der Waals surface area contributed by atoms with E-state index in [2.05, 4.69) is 95.7 Å². The third-order valence-corrected chi connectivity index (χ3v) is 9.26. The summed E-state index contributed by atoms with van der Waals surface area (Å²) in [5.41, 5.74) is 8.27. The lowest BCUT2D eigenvalue weighted by Crippen LogP contribution is -2.25. The number of carbonyl (C=O) groups is 1. The topological polar surface area (TPSA) is 41.5 Å². The maximum Gasteiger partial charge on any atom is 0.150 e. The fourth-order valence-electron chi connectivity index (χ4n) is 6.64. The van der Waals surface area contributed by atoms with Crippen LogP contribution in [0.5, 0.6) is 0 Å². The molecule has 0 bridgehead atoms. The van der Waals surface area contributed by atoms with Gasteiger partial charge in [-0.2, -0.15) is 0 Å². The molecule has 2 rings (SSSR count). The number of rotatable bonds is 19. The van der Waals surface area contributed by atoms with E-state index in [0.29, 0.717) is 12.3 Å². The second-order valence-corrected chi connectivity index (χ2v) is 13.3. The summed E-state index contributed by atoms with van der Waals surface area (Å²) in [4.78, 5) is 16.0. The van der Waals surface area contributed by atoms with E-state index >= 15 is 4.39 Å². The first-order valence-corrected chi connectivity index (χ1v) is 17.4. The molecule has 4 atom stereocenters. The van der Waals surface area contributed by atoms with Crippen LogP contribution >= 0.6 is 0 Å². The van der Waals surface area contributed by atoms with Crippen molar-refractivity contribution in [2.45, 2.75) is 106 Å². The highest BCUT2D eigenvalue weighted by Gasteiger charge is 2.32. The van der Waals surface area contributed by atoms with Crippen molar-refractivity contribution >= 4 is 17.7 Å². The average molecular weight is 639 g/mol. The molecule has 0 spiro atoms. The normalized spacial score (nSPS) is 15.2. The maximum absolute atomic E-state index is 16.2. The average Bonchev–Trinajstić information content (AvgIpc) is 3.04. The van der Waals surface area contributed by atoms with Crippen molar-refractivity contribution in [1.82, 2.24) is 0 Å². The Bertz CT molecular complexity index is 1470. The van der Waals surface area contributed by atoms with Crippen molar-refractivity contribution in [1.29, 1.82) is 0 Å². The minimum absolute atomic E-state index is 0.00783. The zero-order chi connectivity index (χ0) is 35.1. The number of nitrogens with zero attached hydrogens (tertiary/aromatic N) is 1. The van der Waals surface area contributed by atoms with Gasteiger partial charge in [0.15, 0.2) is 0 Å². The molecule has 0 heterocycles. The molecule has 254 valence electrons. The third-order valence-electron chi connectivity index (χ3n) is 9.26. The van der Waals surface area contributed by atoms with Crippen LogP contribution in [0.15, 0.2) is 96.3 Å². The molecule has 1 N–H and O–H groups in total. The molecule has 0 amide bonds. The van der Waals surface area contributed by atoms with Gasteiger partial charge in [0.05, 0.1) is 0 Å². The van der Waals surface area contributed by atoms with E-state index in [0.717, 1.165) is 82.5 Å². The minimum Gasteiger partial charge on any atom is -0.356 e. The minimum atomic E-state index is -0.104. The molecule has 2 aromatic carbocycles. The van der Waals surface area contributed by atoms with Gasteiger partial charge >= 0.3 is 0 Å². The largest absolute Gasteiger partial charge is 0.356 e. The van der Waals surface area contributed by atoms with Crippen LogP contribution in [0, 0.1) is 30.5 Å². The van der Waals surface area contributed by atoms with Crippen molar-refractivity contribution < 1.29 is 9.18 Å². The maximum atomic E-state index is 16.2. The summed E-state index contributed by atoms with van der Waals surface area (Å²) in [6.07, 6.45) is 16.8. The van der Waals surface area contributed by atoms with Gasteiger partial charge in [0.2, 0.25) is 0 Å². The third kappa shape index (κ3) is 11.2. The first-order chi connectivity index (χ1) is 22.4. The number of halogens is 1. The summed E-state index contributed by atoms with van der Waals surface area (Å²) in [6.45, 7) is 27.5. The number of nitrogens with one attached hydrogen (secondary N) is 1. The highest BCUT2D eigenvalue weighted by molar-refractivity contribution is 5.83. The van der Waals surface area contributed by atoms with Gasteiger partial charge in [0.25, 0.3) is 0 Å². The van der Waals surface area contributed by atoms with Crippen LogP contribution in [0.4, 0.5) is 10.1 Å². The molecule has 0 saturated heterocycles. The summed E-state index contributed by atoms with van der Waals surface area (Å²) in [6, 6.07) is 10.1. The lowest BCUT2D eigenvalue weighted by Gasteiger charge is -2.35. The van der Waals surface area contributed by atoms with E-state index in [4.69, 9.17) is 6.58 Å². The number of anilines is 1. The fourth-order valence-corrected chi connectivity index (χ4v) is 6.64. The van der Waals surface area contributed by atoms with Gasteiger partial charge < -0.3 is 5.32 Å². The van der Waals surface area contributed by atoms with E-state index in [1.807, 2.05) is 32.0 Å².